The molecule has 0 bridgehead atoms. The van der Waals surface area contributed by atoms with Crippen molar-refractivity contribution in [1.29, 1.82) is 0 Å². The first kappa shape index (κ1) is 14.5. The number of carboxylic acid groups (broad SMARTS) is 1. The monoisotopic (exact) mass is 293 g/mol. The van der Waals surface area contributed by atoms with Crippen molar-refractivity contribution in [3.63, 3.8) is 0 Å². The molecule has 2 fully saturated rings. The Balaban J connectivity index is 1.81. The summed E-state index contributed by atoms with van der Waals surface area (Å²) in [6.45, 7) is 2.60. The number of hydrogen-bond acceptors (Lipinski definition) is 3. The van der Waals surface area contributed by atoms with E-state index in [2.05, 4.69) is 0 Å². The molecule has 1 aliphatic carbocycles. The maximum absolute atomic E-state index is 13.1. The van der Waals surface area contributed by atoms with Gasteiger partial charge in [-0.05, 0) is 42.4 Å². The summed E-state index contributed by atoms with van der Waals surface area (Å²) in [6, 6.07) is 5.03. The summed E-state index contributed by atoms with van der Waals surface area (Å²) in [5, 5.41) is 9.60. The van der Waals surface area contributed by atoms with E-state index in [1.165, 1.54) is 25.0 Å². The smallest absolute Gasteiger partial charge is 0.325 e. The first-order valence-corrected chi connectivity index (χ1v) is 7.45. The van der Waals surface area contributed by atoms with E-state index in [1.54, 1.807) is 12.1 Å². The Hall–Kier alpha value is -1.46. The summed E-state index contributed by atoms with van der Waals surface area (Å²) in [6.07, 6.45) is 2.44. The molecule has 2 atom stereocenters. The van der Waals surface area contributed by atoms with Crippen LogP contribution < -0.4 is 0 Å². The molecule has 0 radical (unpaired) electrons. The Kier molecular flexibility index (Phi) is 4.22. The highest BCUT2D eigenvalue weighted by Crippen LogP contribution is 2.39. The van der Waals surface area contributed by atoms with Gasteiger partial charge in [-0.3, -0.25) is 9.69 Å². The van der Waals surface area contributed by atoms with Gasteiger partial charge in [-0.25, -0.2) is 4.39 Å². The standard InChI is InChI=1S/C16H20FNO3/c17-14-5-3-12(4-6-14)15(16(19)20)18-7-8-21-10-13(9-18)11-1-2-11/h3-6,11,13,15H,1-2,7-10H2,(H,19,20). The molecule has 21 heavy (non-hydrogen) atoms. The predicted molar refractivity (Wildman–Crippen MR) is 75.4 cm³/mol. The molecule has 1 heterocycles. The Morgan fingerprint density at radius 3 is 2.62 bits per heavy atom. The molecule has 1 aromatic carbocycles. The number of hydrogen-bond donors (Lipinski definition) is 1. The van der Waals surface area contributed by atoms with Crippen LogP contribution in [-0.2, 0) is 9.53 Å². The van der Waals surface area contributed by atoms with Crippen molar-refractivity contribution in [3.8, 4) is 0 Å². The number of nitrogens with zero attached hydrogens (tertiary/aromatic N) is 1. The lowest BCUT2D eigenvalue weighted by Crippen LogP contribution is -2.38. The highest BCUT2D eigenvalue weighted by atomic mass is 19.1. The minimum Gasteiger partial charge on any atom is -0.480 e. The van der Waals surface area contributed by atoms with Crippen LogP contribution in [-0.4, -0.2) is 42.3 Å². The molecule has 0 amide bonds. The van der Waals surface area contributed by atoms with E-state index >= 15 is 0 Å². The molecule has 4 nitrogen and oxygen atoms in total. The van der Waals surface area contributed by atoms with Gasteiger partial charge in [-0.2, -0.15) is 0 Å². The molecular formula is C16H20FNO3. The number of benzene rings is 1. The van der Waals surface area contributed by atoms with Gasteiger partial charge in [0.05, 0.1) is 13.2 Å². The third kappa shape index (κ3) is 3.41. The molecule has 0 spiro atoms. The van der Waals surface area contributed by atoms with Crippen molar-refractivity contribution in [1.82, 2.24) is 4.90 Å². The van der Waals surface area contributed by atoms with Crippen molar-refractivity contribution in [2.75, 3.05) is 26.3 Å². The van der Waals surface area contributed by atoms with Crippen LogP contribution in [0.15, 0.2) is 24.3 Å². The Labute approximate surface area is 123 Å². The van der Waals surface area contributed by atoms with E-state index in [0.717, 1.165) is 13.2 Å². The SMILES string of the molecule is O=C(O)C(c1ccc(F)cc1)N1CCOCC(C2CC2)C1. The molecule has 3 rings (SSSR count). The first-order chi connectivity index (χ1) is 10.1. The number of ether oxygens (including phenoxy) is 1. The summed E-state index contributed by atoms with van der Waals surface area (Å²) < 4.78 is 18.7. The number of aliphatic carboxylic acids is 1. The lowest BCUT2D eigenvalue weighted by molar-refractivity contribution is -0.143. The van der Waals surface area contributed by atoms with Crippen LogP contribution in [0.4, 0.5) is 4.39 Å². The first-order valence-electron chi connectivity index (χ1n) is 7.45. The second-order valence-corrected chi connectivity index (χ2v) is 5.96. The van der Waals surface area contributed by atoms with Crippen molar-refractivity contribution < 1.29 is 19.0 Å². The van der Waals surface area contributed by atoms with E-state index in [-0.39, 0.29) is 5.82 Å². The molecule has 1 aromatic rings. The van der Waals surface area contributed by atoms with Crippen LogP contribution in [0.3, 0.4) is 0 Å². The fourth-order valence-electron chi connectivity index (χ4n) is 3.10. The number of carboxylic acids is 1. The van der Waals surface area contributed by atoms with Gasteiger partial charge < -0.3 is 9.84 Å². The Morgan fingerprint density at radius 1 is 1.29 bits per heavy atom. The lowest BCUT2D eigenvalue weighted by Gasteiger charge is -2.29. The molecular weight excluding hydrogens is 273 g/mol. The van der Waals surface area contributed by atoms with Gasteiger partial charge in [-0.15, -0.1) is 0 Å². The molecule has 2 aliphatic rings. The molecule has 1 saturated carbocycles. The van der Waals surface area contributed by atoms with Gasteiger partial charge in [0, 0.05) is 13.1 Å². The maximum atomic E-state index is 13.1. The van der Waals surface area contributed by atoms with E-state index in [1.807, 2.05) is 4.90 Å². The van der Waals surface area contributed by atoms with E-state index in [4.69, 9.17) is 4.74 Å². The predicted octanol–water partition coefficient (Wildman–Crippen LogP) is 2.31. The topological polar surface area (TPSA) is 49.8 Å². The van der Waals surface area contributed by atoms with Gasteiger partial charge in [0.1, 0.15) is 11.9 Å². The van der Waals surface area contributed by atoms with Crippen LogP contribution >= 0.6 is 0 Å². The quantitative estimate of drug-likeness (QED) is 0.925. The fourth-order valence-corrected chi connectivity index (χ4v) is 3.10. The second kappa shape index (κ2) is 6.12. The molecule has 0 aromatic heterocycles. The minimum absolute atomic E-state index is 0.349. The number of rotatable bonds is 4. The fraction of sp³-hybridized carbons (Fsp3) is 0.562. The van der Waals surface area contributed by atoms with Gasteiger partial charge in [0.2, 0.25) is 0 Å². The average molecular weight is 293 g/mol. The molecule has 1 aliphatic heterocycles. The Bertz CT molecular complexity index is 501. The van der Waals surface area contributed by atoms with Gasteiger partial charge >= 0.3 is 5.97 Å². The number of carbonyl (C=O) groups is 1. The van der Waals surface area contributed by atoms with Crippen LogP contribution in [0.1, 0.15) is 24.4 Å². The minimum atomic E-state index is -0.891. The van der Waals surface area contributed by atoms with Crippen molar-refractivity contribution in [2.24, 2.45) is 11.8 Å². The largest absolute Gasteiger partial charge is 0.480 e. The van der Waals surface area contributed by atoms with Crippen LogP contribution in [0, 0.1) is 17.7 Å². The summed E-state index contributed by atoms with van der Waals surface area (Å²) in [5.41, 5.74) is 0.625. The molecule has 114 valence electrons. The normalized spacial score (nSPS) is 25.3. The number of halogens is 1. The maximum Gasteiger partial charge on any atom is 0.325 e. The molecule has 5 heteroatoms. The van der Waals surface area contributed by atoms with Crippen LogP contribution in [0.25, 0.3) is 0 Å². The average Bonchev–Trinajstić information content (AvgIpc) is 3.26. The zero-order chi connectivity index (χ0) is 14.8. The van der Waals surface area contributed by atoms with Gasteiger partial charge in [-0.1, -0.05) is 12.1 Å². The summed E-state index contributed by atoms with van der Waals surface area (Å²) in [5.74, 6) is -0.154. The van der Waals surface area contributed by atoms with E-state index in [9.17, 15) is 14.3 Å². The van der Waals surface area contributed by atoms with Gasteiger partial charge in [0.15, 0.2) is 0 Å². The third-order valence-electron chi connectivity index (χ3n) is 4.40. The van der Waals surface area contributed by atoms with E-state index < -0.39 is 12.0 Å². The van der Waals surface area contributed by atoms with Crippen molar-refractivity contribution >= 4 is 5.97 Å². The second-order valence-electron chi connectivity index (χ2n) is 5.96. The highest BCUT2D eigenvalue weighted by molar-refractivity contribution is 5.75. The summed E-state index contributed by atoms with van der Waals surface area (Å²) in [4.78, 5) is 13.7. The third-order valence-corrected chi connectivity index (χ3v) is 4.40. The highest BCUT2D eigenvalue weighted by Gasteiger charge is 2.37. The molecule has 2 unspecified atom stereocenters. The molecule has 1 N–H and O–H groups in total. The summed E-state index contributed by atoms with van der Waals surface area (Å²) in [7, 11) is 0. The van der Waals surface area contributed by atoms with E-state index in [0.29, 0.717) is 30.6 Å². The van der Waals surface area contributed by atoms with Gasteiger partial charge in [0.25, 0.3) is 0 Å². The zero-order valence-electron chi connectivity index (χ0n) is 11.9. The Morgan fingerprint density at radius 2 is 2.00 bits per heavy atom. The van der Waals surface area contributed by atoms with Crippen molar-refractivity contribution in [3.05, 3.63) is 35.6 Å². The van der Waals surface area contributed by atoms with Crippen LogP contribution in [0.5, 0.6) is 0 Å². The van der Waals surface area contributed by atoms with Crippen LogP contribution in [0.2, 0.25) is 0 Å². The molecule has 1 saturated heterocycles. The zero-order valence-corrected chi connectivity index (χ0v) is 11.9. The van der Waals surface area contributed by atoms with Crippen molar-refractivity contribution in [2.45, 2.75) is 18.9 Å². The lowest BCUT2D eigenvalue weighted by atomic mass is 10.0. The summed E-state index contributed by atoms with van der Waals surface area (Å²) >= 11 is 0.